The van der Waals surface area contributed by atoms with Crippen molar-refractivity contribution in [2.45, 2.75) is 16.3 Å². The van der Waals surface area contributed by atoms with Crippen molar-refractivity contribution in [2.24, 2.45) is 0 Å². The molecule has 112 valence electrons. The molecular weight excluding hydrogens is 414 g/mol. The van der Waals surface area contributed by atoms with Crippen LogP contribution in [-0.2, 0) is 11.3 Å². The molecule has 0 aliphatic rings. The van der Waals surface area contributed by atoms with Crippen LogP contribution in [0.5, 0.6) is 0 Å². The first-order valence-corrected chi connectivity index (χ1v) is 9.01. The second kappa shape index (κ2) is 8.96. The molecule has 0 aliphatic carbocycles. The minimum Gasteiger partial charge on any atom is -0.383 e. The molecule has 2 aromatic rings. The third-order valence-corrected chi connectivity index (χ3v) is 5.89. The molecule has 0 amide bonds. The Bertz CT molecular complexity index is 592. The third-order valence-electron chi connectivity index (χ3n) is 2.86. The lowest BCUT2D eigenvalue weighted by molar-refractivity contribution is 0.199. The lowest BCUT2D eigenvalue weighted by atomic mass is 10.2. The minimum absolute atomic E-state index is 0.733. The molecule has 0 heterocycles. The fraction of sp³-hybridized carbons (Fsp3) is 0.250. The molecule has 0 aromatic heterocycles. The number of methoxy groups -OCH3 is 1. The fourth-order valence-electron chi connectivity index (χ4n) is 1.79. The zero-order valence-corrected chi connectivity index (χ0v) is 15.7. The lowest BCUT2D eigenvalue weighted by Gasteiger charge is -2.09. The predicted octanol–water partition coefficient (Wildman–Crippen LogP) is 5.10. The largest absolute Gasteiger partial charge is 0.383 e. The summed E-state index contributed by atoms with van der Waals surface area (Å²) in [5.41, 5.74) is 1.26. The number of hydrogen-bond acceptors (Lipinski definition) is 3. The number of ether oxygens (including phenoxy) is 1. The summed E-state index contributed by atoms with van der Waals surface area (Å²) in [5, 5.41) is 3.35. The Morgan fingerprint density at radius 3 is 2.52 bits per heavy atom. The van der Waals surface area contributed by atoms with Crippen LogP contribution in [0.3, 0.4) is 0 Å². The predicted molar refractivity (Wildman–Crippen MR) is 96.0 cm³/mol. The van der Waals surface area contributed by atoms with E-state index >= 15 is 0 Å². The minimum atomic E-state index is 0.733. The van der Waals surface area contributed by atoms with E-state index in [0.717, 1.165) is 28.6 Å². The summed E-state index contributed by atoms with van der Waals surface area (Å²) in [6.45, 7) is 2.45. The van der Waals surface area contributed by atoms with E-state index in [2.05, 4.69) is 73.6 Å². The normalized spacial score (nSPS) is 10.8. The van der Waals surface area contributed by atoms with Crippen molar-refractivity contribution in [1.29, 1.82) is 0 Å². The second-order valence-electron chi connectivity index (χ2n) is 4.47. The van der Waals surface area contributed by atoms with Crippen molar-refractivity contribution in [3.05, 3.63) is 57.0 Å². The number of nitrogens with one attached hydrogen (secondary N) is 1. The molecule has 1 N–H and O–H groups in total. The molecule has 21 heavy (non-hydrogen) atoms. The van der Waals surface area contributed by atoms with Crippen LogP contribution in [0.4, 0.5) is 0 Å². The zero-order chi connectivity index (χ0) is 15.1. The van der Waals surface area contributed by atoms with Gasteiger partial charge in [-0.15, -0.1) is 0 Å². The molecule has 0 fully saturated rings. The summed E-state index contributed by atoms with van der Waals surface area (Å²) in [7, 11) is 1.71. The summed E-state index contributed by atoms with van der Waals surface area (Å²) >= 11 is 8.99. The highest BCUT2D eigenvalue weighted by molar-refractivity contribution is 9.11. The van der Waals surface area contributed by atoms with Gasteiger partial charge in [0, 0.05) is 38.9 Å². The number of halogens is 2. The van der Waals surface area contributed by atoms with Crippen LogP contribution in [0, 0.1) is 0 Å². The molecule has 0 spiro atoms. The summed E-state index contributed by atoms with van der Waals surface area (Å²) in [6, 6.07) is 14.7. The maximum atomic E-state index is 5.02. The molecule has 2 nitrogen and oxygen atoms in total. The van der Waals surface area contributed by atoms with Gasteiger partial charge in [0.2, 0.25) is 0 Å². The van der Waals surface area contributed by atoms with Crippen molar-refractivity contribution in [1.82, 2.24) is 5.32 Å². The molecule has 0 atom stereocenters. The van der Waals surface area contributed by atoms with Crippen molar-refractivity contribution >= 4 is 43.6 Å². The van der Waals surface area contributed by atoms with Crippen LogP contribution in [0.15, 0.2) is 61.2 Å². The van der Waals surface area contributed by atoms with Gasteiger partial charge in [-0.25, -0.2) is 0 Å². The van der Waals surface area contributed by atoms with E-state index in [9.17, 15) is 0 Å². The summed E-state index contributed by atoms with van der Waals surface area (Å²) in [5.74, 6) is 0. The van der Waals surface area contributed by atoms with Gasteiger partial charge in [-0.2, -0.15) is 0 Å². The quantitative estimate of drug-likeness (QED) is 0.617. The third kappa shape index (κ3) is 5.42. The number of rotatable bonds is 7. The van der Waals surface area contributed by atoms with E-state index in [1.165, 1.54) is 15.4 Å². The van der Waals surface area contributed by atoms with Gasteiger partial charge in [0.1, 0.15) is 0 Å². The Balaban J connectivity index is 2.01. The highest BCUT2D eigenvalue weighted by Gasteiger charge is 2.06. The molecule has 2 rings (SSSR count). The highest BCUT2D eigenvalue weighted by atomic mass is 79.9. The first-order chi connectivity index (χ1) is 10.2. The average molecular weight is 431 g/mol. The number of hydrogen-bond donors (Lipinski definition) is 1. The van der Waals surface area contributed by atoms with Crippen molar-refractivity contribution in [2.75, 3.05) is 20.3 Å². The fourth-order valence-corrected chi connectivity index (χ4v) is 3.83. The molecule has 0 aliphatic heterocycles. The maximum Gasteiger partial charge on any atom is 0.0587 e. The average Bonchev–Trinajstić information content (AvgIpc) is 2.48. The number of benzene rings is 2. The Hall–Kier alpha value is -0.330. The Morgan fingerprint density at radius 2 is 1.81 bits per heavy atom. The zero-order valence-electron chi connectivity index (χ0n) is 11.7. The second-order valence-corrected chi connectivity index (χ2v) is 7.26. The molecule has 0 unspecified atom stereocenters. The van der Waals surface area contributed by atoms with Crippen LogP contribution in [0.25, 0.3) is 0 Å². The summed E-state index contributed by atoms with van der Waals surface area (Å²) < 4.78 is 7.26. The topological polar surface area (TPSA) is 21.3 Å². The lowest BCUT2D eigenvalue weighted by Crippen LogP contribution is -2.18. The Morgan fingerprint density at radius 1 is 1.05 bits per heavy atom. The molecule has 5 heteroatoms. The molecule has 0 bridgehead atoms. The smallest absolute Gasteiger partial charge is 0.0587 e. The van der Waals surface area contributed by atoms with Gasteiger partial charge in [0.15, 0.2) is 0 Å². The van der Waals surface area contributed by atoms with Gasteiger partial charge in [-0.3, -0.25) is 0 Å². The van der Waals surface area contributed by atoms with Gasteiger partial charge in [-0.1, -0.05) is 30.0 Å². The van der Waals surface area contributed by atoms with Crippen LogP contribution in [0.2, 0.25) is 0 Å². The first-order valence-electron chi connectivity index (χ1n) is 6.61. The van der Waals surface area contributed by atoms with E-state index in [1.807, 2.05) is 6.07 Å². The molecule has 0 saturated heterocycles. The van der Waals surface area contributed by atoms with Gasteiger partial charge in [-0.05, 0) is 61.7 Å². The van der Waals surface area contributed by atoms with Crippen LogP contribution < -0.4 is 5.32 Å². The maximum absolute atomic E-state index is 5.02. The Labute approximate surface area is 146 Å². The van der Waals surface area contributed by atoms with Crippen molar-refractivity contribution in [3.8, 4) is 0 Å². The summed E-state index contributed by atoms with van der Waals surface area (Å²) in [6.07, 6.45) is 0. The van der Waals surface area contributed by atoms with Crippen LogP contribution in [-0.4, -0.2) is 20.3 Å². The van der Waals surface area contributed by atoms with E-state index in [1.54, 1.807) is 18.9 Å². The van der Waals surface area contributed by atoms with E-state index in [0.29, 0.717) is 0 Å². The SMILES string of the molecule is COCCNCc1ccc(Sc2ccccc2Br)c(Br)c1. The van der Waals surface area contributed by atoms with Crippen molar-refractivity contribution < 1.29 is 4.74 Å². The van der Waals surface area contributed by atoms with Gasteiger partial charge >= 0.3 is 0 Å². The van der Waals surface area contributed by atoms with Crippen LogP contribution in [0.1, 0.15) is 5.56 Å². The van der Waals surface area contributed by atoms with Crippen molar-refractivity contribution in [3.63, 3.8) is 0 Å². The molecule has 0 saturated carbocycles. The molecule has 0 radical (unpaired) electrons. The first kappa shape index (κ1) is 17.0. The highest BCUT2D eigenvalue weighted by Crippen LogP contribution is 2.37. The van der Waals surface area contributed by atoms with Gasteiger partial charge in [0.05, 0.1) is 6.61 Å². The summed E-state index contributed by atoms with van der Waals surface area (Å²) in [4.78, 5) is 2.42. The monoisotopic (exact) mass is 429 g/mol. The van der Waals surface area contributed by atoms with Crippen LogP contribution >= 0.6 is 43.6 Å². The molecular formula is C16H17Br2NOS. The van der Waals surface area contributed by atoms with Gasteiger partial charge < -0.3 is 10.1 Å². The van der Waals surface area contributed by atoms with Gasteiger partial charge in [0.25, 0.3) is 0 Å². The standard InChI is InChI=1S/C16H17Br2NOS/c1-20-9-8-19-11-12-6-7-16(14(18)10-12)21-15-5-3-2-4-13(15)17/h2-7,10,19H,8-9,11H2,1H3. The molecule has 2 aromatic carbocycles. The Kier molecular flexibility index (Phi) is 7.26. The van der Waals surface area contributed by atoms with E-state index < -0.39 is 0 Å². The van der Waals surface area contributed by atoms with E-state index in [4.69, 9.17) is 4.74 Å². The van der Waals surface area contributed by atoms with E-state index in [-0.39, 0.29) is 0 Å².